The molecule has 1 fully saturated rings. The SMILES string of the molecule is CC(N)C1CCCN(CCc2ccc3c(c2)CCO3)C1. The molecule has 2 N–H and O–H groups in total. The third kappa shape index (κ3) is 3.15. The Labute approximate surface area is 122 Å². The number of hydrogen-bond acceptors (Lipinski definition) is 3. The molecule has 0 aliphatic carbocycles. The number of hydrogen-bond donors (Lipinski definition) is 1. The second kappa shape index (κ2) is 6.15. The lowest BCUT2D eigenvalue weighted by atomic mass is 9.92. The molecule has 2 atom stereocenters. The van der Waals surface area contributed by atoms with Crippen LogP contribution in [0.15, 0.2) is 18.2 Å². The van der Waals surface area contributed by atoms with E-state index in [1.807, 2.05) is 0 Å². The Kier molecular flexibility index (Phi) is 4.27. The molecule has 0 bridgehead atoms. The summed E-state index contributed by atoms with van der Waals surface area (Å²) >= 11 is 0. The van der Waals surface area contributed by atoms with E-state index in [2.05, 4.69) is 30.0 Å². The molecule has 0 spiro atoms. The van der Waals surface area contributed by atoms with Gasteiger partial charge in [0.1, 0.15) is 5.75 Å². The highest BCUT2D eigenvalue weighted by Crippen LogP contribution is 2.26. The minimum absolute atomic E-state index is 0.329. The summed E-state index contributed by atoms with van der Waals surface area (Å²) in [5.41, 5.74) is 8.88. The molecule has 1 aromatic rings. The smallest absolute Gasteiger partial charge is 0.122 e. The first-order chi connectivity index (χ1) is 9.72. The zero-order valence-corrected chi connectivity index (χ0v) is 12.5. The van der Waals surface area contributed by atoms with Crippen LogP contribution in [0.1, 0.15) is 30.9 Å². The van der Waals surface area contributed by atoms with Crippen LogP contribution in [-0.4, -0.2) is 37.2 Å². The zero-order valence-electron chi connectivity index (χ0n) is 12.5. The lowest BCUT2D eigenvalue weighted by molar-refractivity contribution is 0.162. The summed E-state index contributed by atoms with van der Waals surface area (Å²) in [6.45, 7) is 6.56. The van der Waals surface area contributed by atoms with Gasteiger partial charge in [-0.25, -0.2) is 0 Å². The minimum Gasteiger partial charge on any atom is -0.493 e. The molecule has 3 nitrogen and oxygen atoms in total. The fourth-order valence-electron chi connectivity index (χ4n) is 3.41. The number of nitrogens with two attached hydrogens (primary N) is 1. The van der Waals surface area contributed by atoms with Gasteiger partial charge in [-0.3, -0.25) is 0 Å². The number of nitrogens with zero attached hydrogens (tertiary/aromatic N) is 1. The van der Waals surface area contributed by atoms with Crippen LogP contribution in [0.4, 0.5) is 0 Å². The van der Waals surface area contributed by atoms with Gasteiger partial charge in [0.2, 0.25) is 0 Å². The molecule has 20 heavy (non-hydrogen) atoms. The van der Waals surface area contributed by atoms with Crippen LogP contribution in [-0.2, 0) is 12.8 Å². The van der Waals surface area contributed by atoms with Crippen molar-refractivity contribution in [1.29, 1.82) is 0 Å². The van der Waals surface area contributed by atoms with Gasteiger partial charge in [-0.1, -0.05) is 12.1 Å². The maximum atomic E-state index is 6.06. The Hall–Kier alpha value is -1.06. The Morgan fingerprint density at radius 2 is 2.35 bits per heavy atom. The van der Waals surface area contributed by atoms with E-state index in [-0.39, 0.29) is 0 Å². The van der Waals surface area contributed by atoms with E-state index in [4.69, 9.17) is 10.5 Å². The monoisotopic (exact) mass is 274 g/mol. The lowest BCUT2D eigenvalue weighted by Gasteiger charge is -2.34. The summed E-state index contributed by atoms with van der Waals surface area (Å²) in [7, 11) is 0. The van der Waals surface area contributed by atoms with Crippen molar-refractivity contribution in [3.63, 3.8) is 0 Å². The van der Waals surface area contributed by atoms with Crippen molar-refractivity contribution >= 4 is 0 Å². The molecule has 2 aliphatic heterocycles. The number of benzene rings is 1. The fraction of sp³-hybridized carbons (Fsp3) is 0.647. The van der Waals surface area contributed by atoms with Crippen molar-refractivity contribution in [2.45, 2.75) is 38.6 Å². The number of piperidine rings is 1. The largest absolute Gasteiger partial charge is 0.493 e. The van der Waals surface area contributed by atoms with E-state index in [0.717, 1.165) is 31.7 Å². The molecule has 0 radical (unpaired) electrons. The minimum atomic E-state index is 0.329. The standard InChI is InChI=1S/C17H26N2O/c1-13(18)16-3-2-8-19(12-16)9-6-14-4-5-17-15(11-14)7-10-20-17/h4-5,11,13,16H,2-3,6-10,12,18H2,1H3. The Morgan fingerprint density at radius 1 is 1.45 bits per heavy atom. The van der Waals surface area contributed by atoms with Crippen molar-refractivity contribution in [3.8, 4) is 5.75 Å². The van der Waals surface area contributed by atoms with Gasteiger partial charge >= 0.3 is 0 Å². The van der Waals surface area contributed by atoms with E-state index < -0.39 is 0 Å². The molecule has 2 aliphatic rings. The van der Waals surface area contributed by atoms with Crippen LogP contribution in [0.3, 0.4) is 0 Å². The molecule has 3 rings (SSSR count). The van der Waals surface area contributed by atoms with Crippen LogP contribution in [0.5, 0.6) is 5.75 Å². The lowest BCUT2D eigenvalue weighted by Crippen LogP contribution is -2.43. The Morgan fingerprint density at radius 3 is 3.20 bits per heavy atom. The third-order valence-electron chi connectivity index (χ3n) is 4.76. The second-order valence-corrected chi connectivity index (χ2v) is 6.35. The van der Waals surface area contributed by atoms with Gasteiger partial charge in [-0.05, 0) is 55.8 Å². The topological polar surface area (TPSA) is 38.5 Å². The van der Waals surface area contributed by atoms with Crippen LogP contribution < -0.4 is 10.5 Å². The second-order valence-electron chi connectivity index (χ2n) is 6.35. The first-order valence-electron chi connectivity index (χ1n) is 7.95. The number of ether oxygens (including phenoxy) is 1. The van der Waals surface area contributed by atoms with E-state index in [1.165, 1.54) is 37.1 Å². The number of fused-ring (bicyclic) bond motifs is 1. The predicted octanol–water partition coefficient (Wildman–Crippen LogP) is 2.22. The average Bonchev–Trinajstić information content (AvgIpc) is 2.93. The van der Waals surface area contributed by atoms with E-state index in [0.29, 0.717) is 12.0 Å². The zero-order chi connectivity index (χ0) is 13.9. The summed E-state index contributed by atoms with van der Waals surface area (Å²) < 4.78 is 5.56. The van der Waals surface area contributed by atoms with Crippen LogP contribution >= 0.6 is 0 Å². The van der Waals surface area contributed by atoms with E-state index in [9.17, 15) is 0 Å². The Balaban J connectivity index is 1.54. The molecule has 110 valence electrons. The van der Waals surface area contributed by atoms with Gasteiger partial charge in [-0.2, -0.15) is 0 Å². The van der Waals surface area contributed by atoms with Crippen molar-refractivity contribution in [2.75, 3.05) is 26.2 Å². The third-order valence-corrected chi connectivity index (χ3v) is 4.76. The maximum absolute atomic E-state index is 6.06. The van der Waals surface area contributed by atoms with Crippen molar-refractivity contribution < 1.29 is 4.74 Å². The average molecular weight is 274 g/mol. The molecule has 2 heterocycles. The summed E-state index contributed by atoms with van der Waals surface area (Å²) in [5, 5.41) is 0. The van der Waals surface area contributed by atoms with Gasteiger partial charge < -0.3 is 15.4 Å². The molecule has 1 aromatic carbocycles. The predicted molar refractivity (Wildman–Crippen MR) is 82.2 cm³/mol. The van der Waals surface area contributed by atoms with Gasteiger partial charge in [-0.15, -0.1) is 0 Å². The highest BCUT2D eigenvalue weighted by atomic mass is 16.5. The quantitative estimate of drug-likeness (QED) is 0.915. The van der Waals surface area contributed by atoms with Gasteiger partial charge in [0, 0.05) is 25.6 Å². The molecule has 0 amide bonds. The number of likely N-dealkylation sites (tertiary alicyclic amines) is 1. The first kappa shape index (κ1) is 13.9. The molecule has 0 aromatic heterocycles. The van der Waals surface area contributed by atoms with E-state index >= 15 is 0 Å². The molecule has 0 saturated carbocycles. The van der Waals surface area contributed by atoms with Crippen molar-refractivity contribution in [1.82, 2.24) is 4.90 Å². The number of rotatable bonds is 4. The molecule has 1 saturated heterocycles. The highest BCUT2D eigenvalue weighted by Gasteiger charge is 2.22. The molecular formula is C17H26N2O. The van der Waals surface area contributed by atoms with Crippen LogP contribution in [0.25, 0.3) is 0 Å². The summed E-state index contributed by atoms with van der Waals surface area (Å²) in [5.74, 6) is 1.76. The molecule has 2 unspecified atom stereocenters. The Bertz CT molecular complexity index is 458. The summed E-state index contributed by atoms with van der Waals surface area (Å²) in [4.78, 5) is 2.58. The highest BCUT2D eigenvalue weighted by molar-refractivity contribution is 5.39. The fourth-order valence-corrected chi connectivity index (χ4v) is 3.41. The maximum Gasteiger partial charge on any atom is 0.122 e. The molecule has 3 heteroatoms. The van der Waals surface area contributed by atoms with Gasteiger partial charge in [0.15, 0.2) is 0 Å². The van der Waals surface area contributed by atoms with Crippen molar-refractivity contribution in [3.05, 3.63) is 29.3 Å². The van der Waals surface area contributed by atoms with Gasteiger partial charge in [0.05, 0.1) is 6.61 Å². The van der Waals surface area contributed by atoms with Crippen LogP contribution in [0, 0.1) is 5.92 Å². The van der Waals surface area contributed by atoms with Crippen molar-refractivity contribution in [2.24, 2.45) is 11.7 Å². The van der Waals surface area contributed by atoms with Gasteiger partial charge in [0.25, 0.3) is 0 Å². The molecular weight excluding hydrogens is 248 g/mol. The van der Waals surface area contributed by atoms with E-state index in [1.54, 1.807) is 0 Å². The summed E-state index contributed by atoms with van der Waals surface area (Å²) in [6.07, 6.45) is 4.80. The first-order valence-corrected chi connectivity index (χ1v) is 7.95. The van der Waals surface area contributed by atoms with Crippen LogP contribution in [0.2, 0.25) is 0 Å². The summed E-state index contributed by atoms with van der Waals surface area (Å²) in [6, 6.07) is 7.01. The normalized spacial score (nSPS) is 24.2.